The molecule has 0 unspecified atom stereocenters. The maximum atomic E-state index is 4.48. The smallest absolute Gasteiger partial charge is 0.224 e. The number of anilines is 2. The Hall–Kier alpha value is -1.32. The molecule has 1 fully saturated rings. The van der Waals surface area contributed by atoms with E-state index in [4.69, 9.17) is 0 Å². The van der Waals surface area contributed by atoms with Gasteiger partial charge in [0.25, 0.3) is 0 Å². The summed E-state index contributed by atoms with van der Waals surface area (Å²) in [5.41, 5.74) is 0. The normalized spacial score (nSPS) is 23.1. The van der Waals surface area contributed by atoms with E-state index < -0.39 is 0 Å². The van der Waals surface area contributed by atoms with Crippen LogP contribution in [-0.4, -0.2) is 22.6 Å². The van der Waals surface area contributed by atoms with Crippen molar-refractivity contribution < 1.29 is 0 Å². The quantitative estimate of drug-likeness (QED) is 0.821. The average molecular weight is 262 g/mol. The van der Waals surface area contributed by atoms with Crippen molar-refractivity contribution >= 4 is 11.8 Å². The molecular weight excluding hydrogens is 236 g/mol. The summed E-state index contributed by atoms with van der Waals surface area (Å²) in [5.74, 6) is 2.61. The third kappa shape index (κ3) is 4.37. The first-order valence-corrected chi connectivity index (χ1v) is 7.65. The Bertz CT molecular complexity index is 372. The largest absolute Gasteiger partial charge is 0.367 e. The second-order valence-electron chi connectivity index (χ2n) is 5.45. The fourth-order valence-corrected chi connectivity index (χ4v) is 2.90. The minimum Gasteiger partial charge on any atom is -0.367 e. The van der Waals surface area contributed by atoms with Crippen molar-refractivity contribution in [2.45, 2.75) is 58.4 Å². The van der Waals surface area contributed by atoms with Crippen LogP contribution in [0.15, 0.2) is 12.3 Å². The molecule has 0 aromatic carbocycles. The second kappa shape index (κ2) is 7.31. The molecule has 1 aliphatic carbocycles. The Morgan fingerprint density at radius 1 is 1.21 bits per heavy atom. The molecule has 1 aromatic heterocycles. The van der Waals surface area contributed by atoms with Crippen molar-refractivity contribution in [2.75, 3.05) is 17.2 Å². The highest BCUT2D eigenvalue weighted by Gasteiger charge is 2.20. The third-order valence-corrected chi connectivity index (χ3v) is 3.89. The summed E-state index contributed by atoms with van der Waals surface area (Å²) in [6.45, 7) is 5.19. The van der Waals surface area contributed by atoms with Gasteiger partial charge in [0.05, 0.1) is 0 Å². The standard InChI is InChI=1S/C15H26N4/c1-3-5-12-6-8-13(9-7-12)18-14-10-11-17-15(19-14)16-4-2/h10-13H,3-9H2,1-2H3,(H2,16,17,18,19). The number of hydrogen-bond donors (Lipinski definition) is 2. The van der Waals surface area contributed by atoms with Crippen molar-refractivity contribution in [2.24, 2.45) is 5.92 Å². The van der Waals surface area contributed by atoms with Gasteiger partial charge in [-0.15, -0.1) is 0 Å². The highest BCUT2D eigenvalue weighted by Crippen LogP contribution is 2.29. The van der Waals surface area contributed by atoms with Gasteiger partial charge >= 0.3 is 0 Å². The zero-order chi connectivity index (χ0) is 13.5. The van der Waals surface area contributed by atoms with Gasteiger partial charge in [-0.1, -0.05) is 19.8 Å². The van der Waals surface area contributed by atoms with Crippen molar-refractivity contribution in [3.8, 4) is 0 Å². The van der Waals surface area contributed by atoms with Gasteiger partial charge in [-0.05, 0) is 44.6 Å². The van der Waals surface area contributed by atoms with Crippen LogP contribution >= 0.6 is 0 Å². The molecule has 1 saturated carbocycles. The van der Waals surface area contributed by atoms with E-state index in [1.54, 1.807) is 0 Å². The van der Waals surface area contributed by atoms with Crippen molar-refractivity contribution in [1.29, 1.82) is 0 Å². The molecule has 0 aliphatic heterocycles. The lowest BCUT2D eigenvalue weighted by Crippen LogP contribution is -2.26. The van der Waals surface area contributed by atoms with Gasteiger partial charge in [0, 0.05) is 18.8 Å². The van der Waals surface area contributed by atoms with E-state index >= 15 is 0 Å². The molecule has 0 amide bonds. The molecule has 1 aromatic rings. The summed E-state index contributed by atoms with van der Waals surface area (Å²) in [5, 5.41) is 6.70. The summed E-state index contributed by atoms with van der Waals surface area (Å²) >= 11 is 0. The minimum atomic E-state index is 0.581. The molecule has 0 radical (unpaired) electrons. The SMILES string of the molecule is CCCC1CCC(Nc2ccnc(NCC)n2)CC1. The molecule has 2 rings (SSSR count). The van der Waals surface area contributed by atoms with Crippen LogP contribution in [0.3, 0.4) is 0 Å². The molecule has 0 spiro atoms. The van der Waals surface area contributed by atoms with E-state index in [1.807, 2.05) is 12.3 Å². The fourth-order valence-electron chi connectivity index (χ4n) is 2.90. The van der Waals surface area contributed by atoms with Crippen molar-refractivity contribution in [3.05, 3.63) is 12.3 Å². The molecule has 1 aliphatic rings. The van der Waals surface area contributed by atoms with Gasteiger partial charge in [-0.2, -0.15) is 4.98 Å². The highest BCUT2D eigenvalue weighted by molar-refractivity contribution is 5.40. The topological polar surface area (TPSA) is 49.8 Å². The molecule has 0 atom stereocenters. The molecule has 4 heteroatoms. The molecular formula is C15H26N4. The molecule has 19 heavy (non-hydrogen) atoms. The highest BCUT2D eigenvalue weighted by atomic mass is 15.1. The summed E-state index contributed by atoms with van der Waals surface area (Å²) in [6.07, 6.45) is 9.78. The van der Waals surface area contributed by atoms with Gasteiger partial charge in [-0.25, -0.2) is 4.98 Å². The van der Waals surface area contributed by atoms with Crippen molar-refractivity contribution in [3.63, 3.8) is 0 Å². The lowest BCUT2D eigenvalue weighted by Gasteiger charge is -2.29. The first-order valence-electron chi connectivity index (χ1n) is 7.65. The average Bonchev–Trinajstić information content (AvgIpc) is 2.42. The van der Waals surface area contributed by atoms with E-state index in [9.17, 15) is 0 Å². The summed E-state index contributed by atoms with van der Waals surface area (Å²) < 4.78 is 0. The lowest BCUT2D eigenvalue weighted by molar-refractivity contribution is 0.318. The maximum absolute atomic E-state index is 4.48. The Kier molecular flexibility index (Phi) is 5.43. The van der Waals surface area contributed by atoms with E-state index in [0.29, 0.717) is 12.0 Å². The predicted octanol–water partition coefficient (Wildman–Crippen LogP) is 3.68. The Balaban J connectivity index is 1.83. The number of aromatic nitrogens is 2. The van der Waals surface area contributed by atoms with E-state index in [1.165, 1.54) is 38.5 Å². The van der Waals surface area contributed by atoms with Gasteiger partial charge < -0.3 is 10.6 Å². The molecule has 0 saturated heterocycles. The summed E-state index contributed by atoms with van der Waals surface area (Å²) in [7, 11) is 0. The molecule has 1 heterocycles. The Labute approximate surface area is 116 Å². The Morgan fingerprint density at radius 3 is 2.68 bits per heavy atom. The molecule has 106 valence electrons. The van der Waals surface area contributed by atoms with Crippen LogP contribution in [0.4, 0.5) is 11.8 Å². The predicted molar refractivity (Wildman–Crippen MR) is 80.5 cm³/mol. The fraction of sp³-hybridized carbons (Fsp3) is 0.733. The van der Waals surface area contributed by atoms with Crippen LogP contribution in [0, 0.1) is 5.92 Å². The third-order valence-electron chi connectivity index (χ3n) is 3.89. The van der Waals surface area contributed by atoms with Crippen LogP contribution < -0.4 is 10.6 Å². The first-order chi connectivity index (χ1) is 9.31. The second-order valence-corrected chi connectivity index (χ2v) is 5.45. The van der Waals surface area contributed by atoms with Crippen LogP contribution in [0.1, 0.15) is 52.4 Å². The zero-order valence-corrected chi connectivity index (χ0v) is 12.2. The molecule has 4 nitrogen and oxygen atoms in total. The lowest BCUT2D eigenvalue weighted by atomic mass is 9.83. The van der Waals surface area contributed by atoms with Crippen LogP contribution in [0.2, 0.25) is 0 Å². The molecule has 0 bridgehead atoms. The van der Waals surface area contributed by atoms with Gasteiger partial charge in [0.2, 0.25) is 5.95 Å². The summed E-state index contributed by atoms with van der Waals surface area (Å²) in [6, 6.07) is 2.54. The van der Waals surface area contributed by atoms with Crippen LogP contribution in [0.5, 0.6) is 0 Å². The maximum Gasteiger partial charge on any atom is 0.224 e. The van der Waals surface area contributed by atoms with E-state index in [0.717, 1.165) is 18.3 Å². The number of nitrogens with zero attached hydrogens (tertiary/aromatic N) is 2. The monoisotopic (exact) mass is 262 g/mol. The number of nitrogens with one attached hydrogen (secondary N) is 2. The minimum absolute atomic E-state index is 0.581. The van der Waals surface area contributed by atoms with E-state index in [-0.39, 0.29) is 0 Å². The first kappa shape index (κ1) is 14.1. The van der Waals surface area contributed by atoms with E-state index in [2.05, 4.69) is 34.4 Å². The Morgan fingerprint density at radius 2 is 2.00 bits per heavy atom. The van der Waals surface area contributed by atoms with Gasteiger partial charge in [0.1, 0.15) is 5.82 Å². The summed E-state index contributed by atoms with van der Waals surface area (Å²) in [4.78, 5) is 8.68. The number of rotatable bonds is 6. The van der Waals surface area contributed by atoms with Gasteiger partial charge in [0.15, 0.2) is 0 Å². The molecule has 2 N–H and O–H groups in total. The number of hydrogen-bond acceptors (Lipinski definition) is 4. The van der Waals surface area contributed by atoms with Crippen LogP contribution in [-0.2, 0) is 0 Å². The van der Waals surface area contributed by atoms with Crippen LogP contribution in [0.25, 0.3) is 0 Å². The van der Waals surface area contributed by atoms with Gasteiger partial charge in [-0.3, -0.25) is 0 Å². The van der Waals surface area contributed by atoms with Crippen molar-refractivity contribution in [1.82, 2.24) is 9.97 Å². The zero-order valence-electron chi connectivity index (χ0n) is 12.2.